The van der Waals surface area contributed by atoms with E-state index < -0.39 is 0 Å². The van der Waals surface area contributed by atoms with E-state index in [0.717, 1.165) is 9.35 Å². The molecule has 1 aromatic carbocycles. The summed E-state index contributed by atoms with van der Waals surface area (Å²) in [6.07, 6.45) is 1.48. The van der Waals surface area contributed by atoms with Gasteiger partial charge in [0, 0.05) is 5.69 Å². The molecule has 3 aromatic rings. The number of rotatable bonds is 5. The summed E-state index contributed by atoms with van der Waals surface area (Å²) in [6, 6.07) is 12.4. The highest BCUT2D eigenvalue weighted by Crippen LogP contribution is 2.21. The predicted octanol–water partition coefficient (Wildman–Crippen LogP) is 4.82. The van der Waals surface area contributed by atoms with Crippen LogP contribution in [0.3, 0.4) is 0 Å². The highest BCUT2D eigenvalue weighted by Gasteiger charge is 2.12. The first-order valence-electron chi connectivity index (χ1n) is 8.00. The first-order valence-corrected chi connectivity index (χ1v) is 9.61. The number of carbonyl (C=O) groups is 2. The summed E-state index contributed by atoms with van der Waals surface area (Å²) in [5.74, 6) is 0.0822. The number of hydrogen-bond acceptors (Lipinski definition) is 5. The Morgan fingerprint density at radius 2 is 1.81 bits per heavy atom. The summed E-state index contributed by atoms with van der Waals surface area (Å²) in [6.45, 7) is 3.54. The van der Waals surface area contributed by atoms with Gasteiger partial charge >= 0.3 is 0 Å². The Bertz CT molecular complexity index is 1010. The minimum Gasteiger partial charge on any atom is -0.469 e. The van der Waals surface area contributed by atoms with Crippen molar-refractivity contribution < 1.29 is 14.0 Å². The molecule has 0 aliphatic heterocycles. The van der Waals surface area contributed by atoms with Crippen LogP contribution in [0.4, 0.5) is 5.69 Å². The monoisotopic (exact) mass is 445 g/mol. The summed E-state index contributed by atoms with van der Waals surface area (Å²) in [5.41, 5.74) is 5.19. The number of benzene rings is 1. The third-order valence-electron chi connectivity index (χ3n) is 3.79. The fourth-order valence-corrected chi connectivity index (χ4v) is 3.58. The maximum Gasteiger partial charge on any atom is 0.281 e. The lowest BCUT2D eigenvalue weighted by molar-refractivity contribution is 0.0958. The van der Waals surface area contributed by atoms with Crippen LogP contribution in [0.2, 0.25) is 0 Å². The van der Waals surface area contributed by atoms with Crippen molar-refractivity contribution in [3.63, 3.8) is 0 Å². The van der Waals surface area contributed by atoms with Crippen LogP contribution in [0.5, 0.6) is 0 Å². The molecule has 2 N–H and O–H groups in total. The number of halogens is 1. The van der Waals surface area contributed by atoms with E-state index >= 15 is 0 Å². The molecule has 0 saturated carbocycles. The van der Waals surface area contributed by atoms with Gasteiger partial charge in [0.2, 0.25) is 0 Å². The number of hydrazone groups is 1. The number of nitrogens with zero attached hydrogens (tertiary/aromatic N) is 1. The highest BCUT2D eigenvalue weighted by atomic mass is 79.9. The minimum absolute atomic E-state index is 0.228. The Balaban J connectivity index is 1.63. The number of aryl methyl sites for hydroxylation is 1. The van der Waals surface area contributed by atoms with E-state index in [-0.39, 0.29) is 11.8 Å². The summed E-state index contributed by atoms with van der Waals surface area (Å²) >= 11 is 4.66. The van der Waals surface area contributed by atoms with Crippen molar-refractivity contribution >= 4 is 50.5 Å². The van der Waals surface area contributed by atoms with Crippen LogP contribution in [0.1, 0.15) is 38.3 Å². The predicted molar refractivity (Wildman–Crippen MR) is 110 cm³/mol. The lowest BCUT2D eigenvalue weighted by Gasteiger charge is -2.06. The number of carbonyl (C=O) groups excluding carboxylic acids is 2. The largest absolute Gasteiger partial charge is 0.469 e. The van der Waals surface area contributed by atoms with Crippen molar-refractivity contribution in [1.82, 2.24) is 5.43 Å². The molecular weight excluding hydrogens is 430 g/mol. The van der Waals surface area contributed by atoms with Crippen LogP contribution in [0.15, 0.2) is 62.0 Å². The molecule has 0 radical (unpaired) electrons. The normalized spacial score (nSPS) is 11.3. The Morgan fingerprint density at radius 1 is 1.07 bits per heavy atom. The molecule has 0 spiro atoms. The molecular formula is C19H16BrN3O3S. The Kier molecular flexibility index (Phi) is 5.88. The van der Waals surface area contributed by atoms with Crippen LogP contribution in [-0.4, -0.2) is 17.5 Å². The van der Waals surface area contributed by atoms with Crippen LogP contribution in [0.25, 0.3) is 0 Å². The summed E-state index contributed by atoms with van der Waals surface area (Å²) in [5, 5.41) is 6.95. The molecule has 0 atom stereocenters. The third-order valence-corrected chi connectivity index (χ3v) is 5.41. The average molecular weight is 446 g/mol. The number of hydrogen-bond donors (Lipinski definition) is 2. The maximum absolute atomic E-state index is 12.2. The molecule has 27 heavy (non-hydrogen) atoms. The number of amides is 2. The molecule has 0 aliphatic rings. The van der Waals surface area contributed by atoms with Gasteiger partial charge < -0.3 is 9.73 Å². The Hall–Kier alpha value is -2.71. The minimum atomic E-state index is -0.260. The van der Waals surface area contributed by atoms with Crippen molar-refractivity contribution in [3.8, 4) is 0 Å². The van der Waals surface area contributed by atoms with Gasteiger partial charge in [0.05, 0.1) is 26.2 Å². The van der Waals surface area contributed by atoms with E-state index in [9.17, 15) is 9.59 Å². The van der Waals surface area contributed by atoms with Gasteiger partial charge in [-0.3, -0.25) is 9.59 Å². The average Bonchev–Trinajstić information content (AvgIpc) is 3.28. The fourth-order valence-electron chi connectivity index (χ4n) is 2.30. The second kappa shape index (κ2) is 8.32. The molecule has 3 rings (SSSR count). The molecule has 8 heteroatoms. The van der Waals surface area contributed by atoms with Crippen molar-refractivity contribution in [2.24, 2.45) is 5.10 Å². The number of anilines is 1. The zero-order valence-electron chi connectivity index (χ0n) is 14.6. The van der Waals surface area contributed by atoms with Gasteiger partial charge in [0.25, 0.3) is 11.8 Å². The van der Waals surface area contributed by atoms with E-state index in [0.29, 0.717) is 27.6 Å². The van der Waals surface area contributed by atoms with Crippen LogP contribution >= 0.6 is 27.3 Å². The van der Waals surface area contributed by atoms with Gasteiger partial charge in [-0.05, 0) is 65.7 Å². The molecule has 6 nitrogen and oxygen atoms in total. The number of thiophene rings is 1. The van der Waals surface area contributed by atoms with E-state index in [4.69, 9.17) is 4.42 Å². The topological polar surface area (TPSA) is 83.7 Å². The first-order chi connectivity index (χ1) is 12.9. The number of nitrogens with one attached hydrogen (secondary N) is 2. The summed E-state index contributed by atoms with van der Waals surface area (Å²) in [4.78, 5) is 24.8. The quantitative estimate of drug-likeness (QED) is 0.436. The number of furan rings is 1. The van der Waals surface area contributed by atoms with Crippen molar-refractivity contribution in [2.45, 2.75) is 13.8 Å². The first kappa shape index (κ1) is 19.1. The molecule has 0 saturated heterocycles. The molecule has 2 amide bonds. The van der Waals surface area contributed by atoms with E-state index in [2.05, 4.69) is 31.8 Å². The van der Waals surface area contributed by atoms with Gasteiger partial charge in [-0.15, -0.1) is 11.3 Å². The second-order valence-electron chi connectivity index (χ2n) is 5.66. The summed E-state index contributed by atoms with van der Waals surface area (Å²) < 4.78 is 6.03. The lowest BCUT2D eigenvalue weighted by atomic mass is 10.1. The zero-order chi connectivity index (χ0) is 19.4. The SMILES string of the molecule is C/C(=N/NC(=O)c1ccc(Br)s1)c1ccc(NC(=O)c2ccoc2C)cc1. The second-order valence-corrected chi connectivity index (χ2v) is 8.13. The smallest absolute Gasteiger partial charge is 0.281 e. The van der Waals surface area contributed by atoms with Gasteiger partial charge in [-0.25, -0.2) is 5.43 Å². The molecule has 2 heterocycles. The van der Waals surface area contributed by atoms with Crippen LogP contribution in [-0.2, 0) is 0 Å². The van der Waals surface area contributed by atoms with Gasteiger partial charge in [-0.2, -0.15) is 5.10 Å². The standard InChI is InChI=1S/C19H16BrN3O3S/c1-11(22-23-19(25)16-7-8-17(20)27-16)13-3-5-14(6-4-13)21-18(24)15-9-10-26-12(15)2/h3-10H,1-2H3,(H,21,24)(H,23,25)/b22-11-. The van der Waals surface area contributed by atoms with E-state index in [1.807, 2.05) is 18.2 Å². The van der Waals surface area contributed by atoms with E-state index in [1.54, 1.807) is 38.1 Å². The Morgan fingerprint density at radius 3 is 2.41 bits per heavy atom. The highest BCUT2D eigenvalue weighted by molar-refractivity contribution is 9.11. The summed E-state index contributed by atoms with van der Waals surface area (Å²) in [7, 11) is 0. The molecule has 0 unspecified atom stereocenters. The molecule has 0 aliphatic carbocycles. The van der Waals surface area contributed by atoms with Crippen molar-refractivity contribution in [1.29, 1.82) is 0 Å². The van der Waals surface area contributed by atoms with Crippen molar-refractivity contribution in [2.75, 3.05) is 5.32 Å². The van der Waals surface area contributed by atoms with E-state index in [1.165, 1.54) is 17.6 Å². The fraction of sp³-hybridized carbons (Fsp3) is 0.105. The van der Waals surface area contributed by atoms with Crippen molar-refractivity contribution in [3.05, 3.63) is 74.3 Å². The molecule has 2 aromatic heterocycles. The van der Waals surface area contributed by atoms with Gasteiger partial charge in [0.15, 0.2) is 0 Å². The molecule has 138 valence electrons. The Labute approximate surface area is 168 Å². The molecule has 0 bridgehead atoms. The molecule has 0 fully saturated rings. The van der Waals surface area contributed by atoms with Gasteiger partial charge in [-0.1, -0.05) is 12.1 Å². The van der Waals surface area contributed by atoms with Crippen LogP contribution < -0.4 is 10.7 Å². The van der Waals surface area contributed by atoms with Gasteiger partial charge in [0.1, 0.15) is 5.76 Å². The lowest BCUT2D eigenvalue weighted by Crippen LogP contribution is -2.18. The van der Waals surface area contributed by atoms with Crippen LogP contribution in [0, 0.1) is 6.92 Å². The third kappa shape index (κ3) is 4.72. The maximum atomic E-state index is 12.2. The zero-order valence-corrected chi connectivity index (χ0v) is 17.0.